The van der Waals surface area contributed by atoms with Crippen molar-refractivity contribution in [2.75, 3.05) is 31.6 Å². The summed E-state index contributed by atoms with van der Waals surface area (Å²) >= 11 is 0. The average molecular weight is 391 g/mol. The van der Waals surface area contributed by atoms with Crippen LogP contribution in [0.2, 0.25) is 0 Å². The predicted octanol–water partition coefficient (Wildman–Crippen LogP) is 3.39. The molecule has 2 aromatic heterocycles. The minimum absolute atomic E-state index is 0.717. The van der Waals surface area contributed by atoms with Crippen molar-refractivity contribution in [3.63, 3.8) is 0 Å². The molecule has 152 valence electrons. The van der Waals surface area contributed by atoms with Gasteiger partial charge in [-0.2, -0.15) is 0 Å². The first-order valence-corrected chi connectivity index (χ1v) is 10.5. The predicted molar refractivity (Wildman–Crippen MR) is 120 cm³/mol. The number of anilines is 1. The van der Waals surface area contributed by atoms with Gasteiger partial charge in [0.05, 0.1) is 0 Å². The van der Waals surface area contributed by atoms with E-state index in [4.69, 9.17) is 0 Å². The van der Waals surface area contributed by atoms with Crippen LogP contribution < -0.4 is 15.5 Å². The Labute approximate surface area is 172 Å². The van der Waals surface area contributed by atoms with Crippen molar-refractivity contribution >= 4 is 22.7 Å². The molecule has 6 heteroatoms. The van der Waals surface area contributed by atoms with Crippen molar-refractivity contribution in [2.45, 2.75) is 32.4 Å². The van der Waals surface area contributed by atoms with Gasteiger partial charge in [-0.15, -0.1) is 0 Å². The zero-order chi connectivity index (χ0) is 19.9. The Hall–Kier alpha value is -3.02. The summed E-state index contributed by atoms with van der Waals surface area (Å²) in [4.78, 5) is 11.3. The van der Waals surface area contributed by atoms with E-state index in [0.717, 1.165) is 56.5 Å². The zero-order valence-electron chi connectivity index (χ0n) is 17.1. The van der Waals surface area contributed by atoms with Gasteiger partial charge in [-0.05, 0) is 48.4 Å². The summed E-state index contributed by atoms with van der Waals surface area (Å²) in [6, 6.07) is 15.0. The van der Waals surface area contributed by atoms with E-state index in [-0.39, 0.29) is 0 Å². The third-order valence-corrected chi connectivity index (χ3v) is 5.47. The number of aromatic nitrogens is 2. The molecule has 3 aromatic rings. The lowest BCUT2D eigenvalue weighted by Crippen LogP contribution is -2.37. The van der Waals surface area contributed by atoms with Crippen molar-refractivity contribution < 1.29 is 0 Å². The summed E-state index contributed by atoms with van der Waals surface area (Å²) in [7, 11) is 1.81. The smallest absolute Gasteiger partial charge is 0.191 e. The second-order valence-electron chi connectivity index (χ2n) is 7.49. The average Bonchev–Trinajstić information content (AvgIpc) is 3.44. The van der Waals surface area contributed by atoms with Crippen molar-refractivity contribution in [1.82, 2.24) is 20.2 Å². The number of para-hydroxylation sites is 1. The summed E-state index contributed by atoms with van der Waals surface area (Å²) in [5.41, 5.74) is 2.45. The van der Waals surface area contributed by atoms with Crippen LogP contribution in [0.25, 0.3) is 10.9 Å². The Bertz CT molecular complexity index is 937. The molecule has 0 unspecified atom stereocenters. The van der Waals surface area contributed by atoms with Gasteiger partial charge in [0.2, 0.25) is 0 Å². The van der Waals surface area contributed by atoms with E-state index in [9.17, 15) is 0 Å². The fourth-order valence-corrected chi connectivity index (χ4v) is 3.85. The first-order valence-electron chi connectivity index (χ1n) is 10.5. The minimum atomic E-state index is 0.717. The lowest BCUT2D eigenvalue weighted by Gasteiger charge is -2.16. The van der Waals surface area contributed by atoms with E-state index in [1.54, 1.807) is 0 Å². The molecular weight excluding hydrogens is 360 g/mol. The number of benzene rings is 1. The van der Waals surface area contributed by atoms with Crippen LogP contribution in [0.15, 0.2) is 59.9 Å². The van der Waals surface area contributed by atoms with Crippen LogP contribution in [-0.2, 0) is 13.1 Å². The van der Waals surface area contributed by atoms with Crippen molar-refractivity contribution in [2.24, 2.45) is 4.99 Å². The maximum absolute atomic E-state index is 4.62. The summed E-state index contributed by atoms with van der Waals surface area (Å²) in [6.07, 6.45) is 7.70. The number of pyridine rings is 1. The Kier molecular flexibility index (Phi) is 6.29. The Balaban J connectivity index is 1.20. The van der Waals surface area contributed by atoms with E-state index in [1.165, 1.54) is 23.7 Å². The van der Waals surface area contributed by atoms with Gasteiger partial charge in [-0.25, -0.2) is 4.98 Å². The zero-order valence-corrected chi connectivity index (χ0v) is 17.1. The van der Waals surface area contributed by atoms with E-state index in [0.29, 0.717) is 0 Å². The molecule has 6 nitrogen and oxygen atoms in total. The van der Waals surface area contributed by atoms with Gasteiger partial charge in [0.15, 0.2) is 5.96 Å². The van der Waals surface area contributed by atoms with Crippen molar-refractivity contribution in [3.8, 4) is 0 Å². The summed E-state index contributed by atoms with van der Waals surface area (Å²) in [5.74, 6) is 1.91. The van der Waals surface area contributed by atoms with Crippen LogP contribution in [0.3, 0.4) is 0 Å². The van der Waals surface area contributed by atoms with Gasteiger partial charge in [-0.1, -0.05) is 24.3 Å². The van der Waals surface area contributed by atoms with Gasteiger partial charge >= 0.3 is 0 Å². The number of aryl methyl sites for hydroxylation is 1. The number of hydrogen-bond donors (Lipinski definition) is 2. The maximum Gasteiger partial charge on any atom is 0.191 e. The highest BCUT2D eigenvalue weighted by molar-refractivity contribution is 5.80. The third-order valence-electron chi connectivity index (χ3n) is 5.47. The van der Waals surface area contributed by atoms with Crippen LogP contribution in [0, 0.1) is 0 Å². The molecule has 0 radical (unpaired) electrons. The first-order chi connectivity index (χ1) is 14.3. The number of rotatable bonds is 7. The van der Waals surface area contributed by atoms with Gasteiger partial charge in [0.1, 0.15) is 5.82 Å². The fourth-order valence-electron chi connectivity index (χ4n) is 3.85. The van der Waals surface area contributed by atoms with E-state index >= 15 is 0 Å². The largest absolute Gasteiger partial charge is 0.357 e. The fraction of sp³-hybridized carbons (Fsp3) is 0.391. The number of fused-ring (bicyclic) bond motifs is 1. The van der Waals surface area contributed by atoms with Crippen molar-refractivity contribution in [1.29, 1.82) is 0 Å². The molecule has 0 aliphatic carbocycles. The molecule has 1 aliphatic heterocycles. The maximum atomic E-state index is 4.62. The van der Waals surface area contributed by atoms with Crippen LogP contribution in [-0.4, -0.2) is 42.2 Å². The number of nitrogens with one attached hydrogen (secondary N) is 2. The molecule has 2 N–H and O–H groups in total. The van der Waals surface area contributed by atoms with E-state index in [2.05, 4.69) is 78.7 Å². The first kappa shape index (κ1) is 19.3. The lowest BCUT2D eigenvalue weighted by molar-refractivity contribution is 0.640. The van der Waals surface area contributed by atoms with Gasteiger partial charge in [0, 0.05) is 57.7 Å². The van der Waals surface area contributed by atoms with Crippen molar-refractivity contribution in [3.05, 3.63) is 60.4 Å². The molecule has 0 bridgehead atoms. The number of hydrogen-bond acceptors (Lipinski definition) is 3. The molecule has 0 saturated carbocycles. The Morgan fingerprint density at radius 3 is 2.72 bits per heavy atom. The monoisotopic (exact) mass is 390 g/mol. The number of guanidine groups is 1. The molecule has 0 spiro atoms. The molecule has 0 amide bonds. The van der Waals surface area contributed by atoms with E-state index < -0.39 is 0 Å². The Morgan fingerprint density at radius 1 is 1.07 bits per heavy atom. The molecule has 1 fully saturated rings. The summed E-state index contributed by atoms with van der Waals surface area (Å²) in [6.45, 7) is 4.83. The van der Waals surface area contributed by atoms with Crippen LogP contribution in [0.4, 0.5) is 5.82 Å². The summed E-state index contributed by atoms with van der Waals surface area (Å²) < 4.78 is 2.31. The number of nitrogens with zero attached hydrogens (tertiary/aromatic N) is 4. The van der Waals surface area contributed by atoms with Gasteiger partial charge < -0.3 is 20.1 Å². The molecule has 1 aromatic carbocycles. The SMILES string of the molecule is CN=C(NCCCn1ccc2ccccc21)NCc1ccc(N2CCCC2)nc1. The molecular formula is C23H30N6. The second-order valence-corrected chi connectivity index (χ2v) is 7.49. The molecule has 0 atom stereocenters. The topological polar surface area (TPSA) is 57.5 Å². The van der Waals surface area contributed by atoms with Crippen LogP contribution in [0.5, 0.6) is 0 Å². The molecule has 1 saturated heterocycles. The lowest BCUT2D eigenvalue weighted by atomic mass is 10.2. The van der Waals surface area contributed by atoms with E-state index in [1.807, 2.05) is 13.2 Å². The summed E-state index contributed by atoms with van der Waals surface area (Å²) in [5, 5.41) is 8.07. The normalized spacial score (nSPS) is 14.5. The quantitative estimate of drug-likeness (QED) is 0.369. The standard InChI is InChI=1S/C23H30N6/c1-24-23(25-12-6-15-28-16-11-20-7-2-3-8-21(20)28)27-18-19-9-10-22(26-17-19)29-13-4-5-14-29/h2-3,7-11,16-17H,4-6,12-15,18H2,1H3,(H2,24,25,27). The molecule has 3 heterocycles. The molecule has 1 aliphatic rings. The Morgan fingerprint density at radius 2 is 1.93 bits per heavy atom. The number of aliphatic imine (C=N–C) groups is 1. The second kappa shape index (κ2) is 9.45. The van der Waals surface area contributed by atoms with Crippen LogP contribution >= 0.6 is 0 Å². The molecule has 4 rings (SSSR count). The highest BCUT2D eigenvalue weighted by atomic mass is 15.2. The van der Waals surface area contributed by atoms with Gasteiger partial charge in [0.25, 0.3) is 0 Å². The van der Waals surface area contributed by atoms with Crippen LogP contribution in [0.1, 0.15) is 24.8 Å². The highest BCUT2D eigenvalue weighted by Gasteiger charge is 2.12. The van der Waals surface area contributed by atoms with Gasteiger partial charge in [-0.3, -0.25) is 4.99 Å². The minimum Gasteiger partial charge on any atom is -0.357 e. The third kappa shape index (κ3) is 4.88. The molecule has 29 heavy (non-hydrogen) atoms. The highest BCUT2D eigenvalue weighted by Crippen LogP contribution is 2.17.